The van der Waals surface area contributed by atoms with Crippen molar-refractivity contribution in [3.8, 4) is 0 Å². The third-order valence-corrected chi connectivity index (χ3v) is 8.16. The highest BCUT2D eigenvalue weighted by molar-refractivity contribution is 4.82. The Balaban J connectivity index is 3.33. The van der Waals surface area contributed by atoms with E-state index >= 15 is 0 Å². The molecule has 0 aromatic heterocycles. The molecule has 0 aliphatic carbocycles. The first-order valence-electron chi connectivity index (χ1n) is 18.7. The van der Waals surface area contributed by atoms with Crippen molar-refractivity contribution < 1.29 is 9.47 Å². The first kappa shape index (κ1) is 40.4. The Hall–Kier alpha value is -0.600. The average Bonchev–Trinajstić information content (AvgIpc) is 2.99. The average molecular weight is 576 g/mol. The first-order valence-corrected chi connectivity index (χ1v) is 18.7. The van der Waals surface area contributed by atoms with Gasteiger partial charge in [0.25, 0.3) is 0 Å². The van der Waals surface area contributed by atoms with Crippen LogP contribution in [0.15, 0.2) is 24.3 Å². The molecule has 0 fully saturated rings. The molecule has 0 saturated carbocycles. The van der Waals surface area contributed by atoms with Gasteiger partial charge in [0.05, 0.1) is 0 Å². The fourth-order valence-corrected chi connectivity index (χ4v) is 5.34. The van der Waals surface area contributed by atoms with Gasteiger partial charge in [0.2, 0.25) is 0 Å². The SMILES string of the molecule is [CH2]CC(OCCCCCCCC/C=C\CCCCCCCC)OCCCCCCCC/C=C\CCCCCCCC. The molecule has 243 valence electrons. The molecule has 2 nitrogen and oxygen atoms in total. The van der Waals surface area contributed by atoms with Crippen molar-refractivity contribution in [1.29, 1.82) is 0 Å². The smallest absolute Gasteiger partial charge is 0.157 e. The lowest BCUT2D eigenvalue weighted by atomic mass is 10.1. The Labute approximate surface area is 259 Å². The summed E-state index contributed by atoms with van der Waals surface area (Å²) in [5.41, 5.74) is 0. The molecular weight excluding hydrogens is 500 g/mol. The molecule has 0 spiro atoms. The topological polar surface area (TPSA) is 18.5 Å². The fraction of sp³-hybridized carbons (Fsp3) is 0.872. The maximum Gasteiger partial charge on any atom is 0.157 e. The van der Waals surface area contributed by atoms with Crippen LogP contribution < -0.4 is 0 Å². The second kappa shape index (κ2) is 37.4. The molecular formula is C39H75O2. The number of ether oxygens (including phenoxy) is 2. The van der Waals surface area contributed by atoms with Gasteiger partial charge in [-0.15, -0.1) is 0 Å². The second-order valence-electron chi connectivity index (χ2n) is 12.3. The minimum atomic E-state index is -0.110. The number of unbranched alkanes of at least 4 members (excludes halogenated alkanes) is 24. The Bertz CT molecular complexity index is 468. The number of hydrogen-bond acceptors (Lipinski definition) is 2. The van der Waals surface area contributed by atoms with Crippen molar-refractivity contribution >= 4 is 0 Å². The van der Waals surface area contributed by atoms with Crippen LogP contribution in [0.5, 0.6) is 0 Å². The summed E-state index contributed by atoms with van der Waals surface area (Å²) in [7, 11) is 0. The van der Waals surface area contributed by atoms with Crippen molar-refractivity contribution in [2.24, 2.45) is 0 Å². The summed E-state index contributed by atoms with van der Waals surface area (Å²) in [6, 6.07) is 0. The van der Waals surface area contributed by atoms with Crippen LogP contribution in [0.4, 0.5) is 0 Å². The number of hydrogen-bond donors (Lipinski definition) is 0. The fourth-order valence-electron chi connectivity index (χ4n) is 5.34. The van der Waals surface area contributed by atoms with Crippen LogP contribution in [-0.2, 0) is 9.47 Å². The molecule has 0 saturated heterocycles. The van der Waals surface area contributed by atoms with E-state index in [0.29, 0.717) is 6.42 Å². The molecule has 0 N–H and O–H groups in total. The van der Waals surface area contributed by atoms with Crippen molar-refractivity contribution in [1.82, 2.24) is 0 Å². The molecule has 0 aromatic carbocycles. The van der Waals surface area contributed by atoms with Crippen LogP contribution in [0.1, 0.15) is 200 Å². The molecule has 0 aromatic rings. The molecule has 0 aliphatic rings. The van der Waals surface area contributed by atoms with Crippen LogP contribution in [0.25, 0.3) is 0 Å². The zero-order valence-corrected chi connectivity index (χ0v) is 28.3. The van der Waals surface area contributed by atoms with E-state index in [1.54, 1.807) is 0 Å². The van der Waals surface area contributed by atoms with Gasteiger partial charge in [0, 0.05) is 13.2 Å². The highest BCUT2D eigenvalue weighted by Gasteiger charge is 2.06. The Morgan fingerprint density at radius 3 is 0.951 bits per heavy atom. The van der Waals surface area contributed by atoms with E-state index in [4.69, 9.17) is 9.47 Å². The predicted molar refractivity (Wildman–Crippen MR) is 185 cm³/mol. The van der Waals surface area contributed by atoms with Gasteiger partial charge in [0.1, 0.15) is 0 Å². The summed E-state index contributed by atoms with van der Waals surface area (Å²) in [5.74, 6) is 0. The Morgan fingerprint density at radius 2 is 0.659 bits per heavy atom. The van der Waals surface area contributed by atoms with E-state index < -0.39 is 0 Å². The summed E-state index contributed by atoms with van der Waals surface area (Å²) in [6.07, 6.45) is 47.7. The number of rotatable bonds is 35. The van der Waals surface area contributed by atoms with Crippen LogP contribution in [-0.4, -0.2) is 19.5 Å². The second-order valence-corrected chi connectivity index (χ2v) is 12.3. The third-order valence-electron chi connectivity index (χ3n) is 8.16. The van der Waals surface area contributed by atoms with Crippen molar-refractivity contribution in [3.05, 3.63) is 31.2 Å². The summed E-state index contributed by atoms with van der Waals surface area (Å²) < 4.78 is 11.9. The van der Waals surface area contributed by atoms with Crippen LogP contribution in [0.2, 0.25) is 0 Å². The standard InChI is InChI=1S/C39H75O2/c1-4-7-9-11-13-15-17-19-21-23-25-27-29-31-33-35-37-40-39(6-3)41-38-36-34-32-30-28-26-24-22-20-18-16-14-12-10-8-5-2/h19-22,39H,3-18,23-38H2,1-2H3/b21-19-,22-20-. The van der Waals surface area contributed by atoms with Gasteiger partial charge < -0.3 is 9.47 Å². The highest BCUT2D eigenvalue weighted by Crippen LogP contribution is 2.13. The van der Waals surface area contributed by atoms with Crippen molar-refractivity contribution in [2.75, 3.05) is 13.2 Å². The lowest BCUT2D eigenvalue weighted by molar-refractivity contribution is -0.141. The van der Waals surface area contributed by atoms with E-state index in [1.807, 2.05) is 0 Å². The summed E-state index contributed by atoms with van der Waals surface area (Å²) in [5, 5.41) is 0. The van der Waals surface area contributed by atoms with Gasteiger partial charge in [-0.2, -0.15) is 0 Å². The first-order chi connectivity index (χ1) is 20.3. The summed E-state index contributed by atoms with van der Waals surface area (Å²) in [6.45, 7) is 10.2. The normalized spacial score (nSPS) is 12.1. The molecule has 0 heterocycles. The molecule has 0 aliphatic heterocycles. The quantitative estimate of drug-likeness (QED) is 0.0425. The molecule has 0 unspecified atom stereocenters. The Kier molecular flexibility index (Phi) is 36.9. The minimum absolute atomic E-state index is 0.110. The maximum atomic E-state index is 5.94. The van der Waals surface area contributed by atoms with Gasteiger partial charge in [-0.1, -0.05) is 154 Å². The number of allylic oxidation sites excluding steroid dienone is 4. The lowest BCUT2D eigenvalue weighted by Crippen LogP contribution is -2.17. The van der Waals surface area contributed by atoms with E-state index in [1.165, 1.54) is 167 Å². The van der Waals surface area contributed by atoms with Crippen LogP contribution in [0, 0.1) is 6.92 Å². The van der Waals surface area contributed by atoms with Gasteiger partial charge >= 0.3 is 0 Å². The van der Waals surface area contributed by atoms with Gasteiger partial charge in [-0.3, -0.25) is 0 Å². The van der Waals surface area contributed by atoms with Gasteiger partial charge in [-0.05, 0) is 77.6 Å². The zero-order chi connectivity index (χ0) is 29.7. The van der Waals surface area contributed by atoms with Crippen LogP contribution >= 0.6 is 0 Å². The van der Waals surface area contributed by atoms with E-state index in [-0.39, 0.29) is 6.29 Å². The monoisotopic (exact) mass is 576 g/mol. The Morgan fingerprint density at radius 1 is 0.390 bits per heavy atom. The summed E-state index contributed by atoms with van der Waals surface area (Å²) >= 11 is 0. The molecule has 0 bridgehead atoms. The largest absolute Gasteiger partial charge is 0.353 e. The van der Waals surface area contributed by atoms with Crippen molar-refractivity contribution in [3.63, 3.8) is 0 Å². The van der Waals surface area contributed by atoms with Crippen molar-refractivity contribution in [2.45, 2.75) is 206 Å². The molecule has 0 rings (SSSR count). The predicted octanol–water partition coefficient (Wildman–Crippen LogP) is 13.6. The van der Waals surface area contributed by atoms with E-state index in [9.17, 15) is 0 Å². The minimum Gasteiger partial charge on any atom is -0.353 e. The van der Waals surface area contributed by atoms with E-state index in [0.717, 1.165) is 26.1 Å². The molecule has 2 heteroatoms. The molecule has 1 radical (unpaired) electrons. The highest BCUT2D eigenvalue weighted by atomic mass is 16.7. The molecule has 0 atom stereocenters. The summed E-state index contributed by atoms with van der Waals surface area (Å²) in [4.78, 5) is 0. The molecule has 0 amide bonds. The zero-order valence-electron chi connectivity index (χ0n) is 28.3. The van der Waals surface area contributed by atoms with E-state index in [2.05, 4.69) is 45.1 Å². The van der Waals surface area contributed by atoms with Crippen LogP contribution in [0.3, 0.4) is 0 Å². The third kappa shape index (κ3) is 35.5. The van der Waals surface area contributed by atoms with Gasteiger partial charge in [0.15, 0.2) is 6.29 Å². The van der Waals surface area contributed by atoms with Gasteiger partial charge in [-0.25, -0.2) is 0 Å². The molecule has 41 heavy (non-hydrogen) atoms. The maximum absolute atomic E-state index is 5.94. The lowest BCUT2D eigenvalue weighted by Gasteiger charge is -2.17.